The Morgan fingerprint density at radius 3 is 2.48 bits per heavy atom. The summed E-state index contributed by atoms with van der Waals surface area (Å²) in [7, 11) is 1.45. The number of halogens is 1. The fraction of sp³-hybridized carbons (Fsp3) is 0.385. The Kier molecular flexibility index (Phi) is 4.84. The molecule has 0 aliphatic rings. The van der Waals surface area contributed by atoms with E-state index in [1.54, 1.807) is 0 Å². The van der Waals surface area contributed by atoms with Crippen molar-refractivity contribution in [2.24, 2.45) is 5.92 Å². The molecule has 0 saturated heterocycles. The van der Waals surface area contributed by atoms with E-state index in [2.05, 4.69) is 10.2 Å². The fourth-order valence-corrected chi connectivity index (χ4v) is 2.74. The second kappa shape index (κ2) is 6.44. The Labute approximate surface area is 128 Å². The van der Waals surface area contributed by atoms with Crippen LogP contribution in [0.1, 0.15) is 19.7 Å². The minimum absolute atomic E-state index is 0.121. The van der Waals surface area contributed by atoms with Crippen LogP contribution in [0.3, 0.4) is 0 Å². The van der Waals surface area contributed by atoms with Crippen LogP contribution < -0.4 is 4.74 Å². The summed E-state index contributed by atoms with van der Waals surface area (Å²) in [4.78, 5) is 0. The zero-order valence-electron chi connectivity index (χ0n) is 11.7. The van der Waals surface area contributed by atoms with Crippen LogP contribution in [-0.2, 0) is 22.2 Å². The Morgan fingerprint density at radius 2 is 1.90 bits per heavy atom. The number of nitrogens with zero attached hydrogens (tertiary/aromatic N) is 3. The van der Waals surface area contributed by atoms with Gasteiger partial charge in [-0.15, -0.1) is 10.2 Å². The van der Waals surface area contributed by atoms with Crippen molar-refractivity contribution in [1.82, 2.24) is 14.8 Å². The van der Waals surface area contributed by atoms with E-state index in [1.165, 1.54) is 4.57 Å². The molecule has 1 aromatic heterocycles. The first-order valence-electron chi connectivity index (χ1n) is 6.42. The second-order valence-corrected chi connectivity index (χ2v) is 7.40. The van der Waals surface area contributed by atoms with Crippen molar-refractivity contribution in [2.45, 2.75) is 32.2 Å². The van der Waals surface area contributed by atoms with Crippen molar-refractivity contribution in [2.75, 3.05) is 0 Å². The highest BCUT2D eigenvalue weighted by molar-refractivity contribution is 8.13. The van der Waals surface area contributed by atoms with Gasteiger partial charge in [0, 0.05) is 17.2 Å². The number of ether oxygens (including phenoxy) is 1. The van der Waals surface area contributed by atoms with Gasteiger partial charge in [-0.05, 0) is 18.1 Å². The van der Waals surface area contributed by atoms with Gasteiger partial charge in [-0.1, -0.05) is 32.0 Å². The third kappa shape index (κ3) is 4.18. The summed E-state index contributed by atoms with van der Waals surface area (Å²) in [6, 6.07) is 9.20. The summed E-state index contributed by atoms with van der Waals surface area (Å²) in [5.41, 5.74) is 0. The van der Waals surface area contributed by atoms with Crippen molar-refractivity contribution in [3.05, 3.63) is 36.2 Å². The maximum Gasteiger partial charge on any atom is 0.296 e. The van der Waals surface area contributed by atoms with Gasteiger partial charge in [0.05, 0.1) is 0 Å². The molecule has 0 radical (unpaired) electrons. The highest BCUT2D eigenvalue weighted by Gasteiger charge is 2.23. The molecule has 2 rings (SSSR count). The van der Waals surface area contributed by atoms with Crippen molar-refractivity contribution < 1.29 is 13.2 Å². The molecule has 6 nitrogen and oxygen atoms in total. The number of hydrogen-bond acceptors (Lipinski definition) is 5. The Bertz CT molecular complexity index is 699. The molecule has 1 heterocycles. The van der Waals surface area contributed by atoms with E-state index in [0.29, 0.717) is 18.1 Å². The van der Waals surface area contributed by atoms with E-state index in [-0.39, 0.29) is 17.7 Å². The monoisotopic (exact) mass is 329 g/mol. The number of benzene rings is 1. The summed E-state index contributed by atoms with van der Waals surface area (Å²) in [5, 5.41) is 7.30. The predicted octanol–water partition coefficient (Wildman–Crippen LogP) is 2.44. The van der Waals surface area contributed by atoms with E-state index in [4.69, 9.17) is 15.4 Å². The number of rotatable bonds is 6. The van der Waals surface area contributed by atoms with Gasteiger partial charge in [0.2, 0.25) is 0 Å². The number of aromatic nitrogens is 3. The third-order valence-electron chi connectivity index (χ3n) is 2.67. The first-order valence-corrected chi connectivity index (χ1v) is 8.73. The maximum atomic E-state index is 11.5. The van der Waals surface area contributed by atoms with Gasteiger partial charge in [-0.3, -0.25) is 4.57 Å². The zero-order chi connectivity index (χ0) is 15.5. The van der Waals surface area contributed by atoms with E-state index >= 15 is 0 Å². The van der Waals surface area contributed by atoms with Crippen LogP contribution in [0.25, 0.3) is 0 Å². The van der Waals surface area contributed by atoms with Crippen molar-refractivity contribution >= 4 is 19.7 Å². The van der Waals surface area contributed by atoms with Crippen LogP contribution in [0.15, 0.2) is 35.5 Å². The Balaban J connectivity index is 2.25. The van der Waals surface area contributed by atoms with Gasteiger partial charge in [-0.25, -0.2) is 8.42 Å². The third-order valence-corrected chi connectivity index (χ3v) is 3.82. The lowest BCUT2D eigenvalue weighted by atomic mass is 10.2. The number of hydrogen-bond donors (Lipinski definition) is 0. The van der Waals surface area contributed by atoms with E-state index < -0.39 is 9.05 Å². The Hall–Kier alpha value is -1.60. The van der Waals surface area contributed by atoms with Crippen molar-refractivity contribution in [1.29, 1.82) is 0 Å². The van der Waals surface area contributed by atoms with E-state index in [1.807, 2.05) is 44.2 Å². The fourth-order valence-electron chi connectivity index (χ4n) is 1.82. The van der Waals surface area contributed by atoms with Crippen molar-refractivity contribution in [3.8, 4) is 5.75 Å². The molecular weight excluding hydrogens is 314 g/mol. The van der Waals surface area contributed by atoms with Crippen LogP contribution in [0, 0.1) is 5.92 Å². The van der Waals surface area contributed by atoms with Gasteiger partial charge in [-0.2, -0.15) is 0 Å². The van der Waals surface area contributed by atoms with E-state index in [0.717, 1.165) is 0 Å². The SMILES string of the molecule is CC(C)Cn1c(COc2ccccc2)nnc1S(=O)(=O)Cl. The molecular formula is C13H16ClN3O3S. The summed E-state index contributed by atoms with van der Waals surface area (Å²) >= 11 is 0. The molecule has 21 heavy (non-hydrogen) atoms. The van der Waals surface area contributed by atoms with Gasteiger partial charge >= 0.3 is 0 Å². The normalized spacial score (nSPS) is 11.8. The summed E-state index contributed by atoms with van der Waals surface area (Å²) < 4.78 is 30.1. The molecule has 0 amide bonds. The first-order chi connectivity index (χ1) is 9.88. The van der Waals surface area contributed by atoms with Crippen molar-refractivity contribution in [3.63, 3.8) is 0 Å². The highest BCUT2D eigenvalue weighted by atomic mass is 35.7. The Morgan fingerprint density at radius 1 is 1.24 bits per heavy atom. The molecule has 1 aromatic carbocycles. The minimum atomic E-state index is -3.94. The largest absolute Gasteiger partial charge is 0.486 e. The van der Waals surface area contributed by atoms with Gasteiger partial charge in [0.25, 0.3) is 14.2 Å². The van der Waals surface area contributed by atoms with Gasteiger partial charge in [0.1, 0.15) is 12.4 Å². The van der Waals surface area contributed by atoms with Crippen LogP contribution in [0.5, 0.6) is 5.75 Å². The topological polar surface area (TPSA) is 74.1 Å². The second-order valence-electron chi connectivity index (χ2n) is 4.94. The molecule has 0 aliphatic carbocycles. The van der Waals surface area contributed by atoms with Gasteiger partial charge < -0.3 is 4.74 Å². The maximum absolute atomic E-state index is 11.5. The highest BCUT2D eigenvalue weighted by Crippen LogP contribution is 2.18. The lowest BCUT2D eigenvalue weighted by Crippen LogP contribution is -2.14. The first kappa shape index (κ1) is 15.8. The standard InChI is InChI=1S/C13H16ClN3O3S/c1-10(2)8-17-12(15-16-13(17)21(14,18)19)9-20-11-6-4-3-5-7-11/h3-7,10H,8-9H2,1-2H3. The lowest BCUT2D eigenvalue weighted by molar-refractivity contribution is 0.284. The molecule has 114 valence electrons. The lowest BCUT2D eigenvalue weighted by Gasteiger charge is -2.12. The molecule has 0 N–H and O–H groups in total. The average Bonchev–Trinajstić information content (AvgIpc) is 2.79. The smallest absolute Gasteiger partial charge is 0.296 e. The predicted molar refractivity (Wildman–Crippen MR) is 78.7 cm³/mol. The minimum Gasteiger partial charge on any atom is -0.486 e. The molecule has 2 aromatic rings. The molecule has 0 aliphatic heterocycles. The summed E-state index contributed by atoms with van der Waals surface area (Å²) in [6.45, 7) is 4.50. The summed E-state index contributed by atoms with van der Waals surface area (Å²) in [5.74, 6) is 1.31. The molecule has 0 atom stereocenters. The molecule has 0 fully saturated rings. The zero-order valence-corrected chi connectivity index (χ0v) is 13.3. The van der Waals surface area contributed by atoms with Crippen LogP contribution >= 0.6 is 10.7 Å². The molecule has 8 heteroatoms. The van der Waals surface area contributed by atoms with Gasteiger partial charge in [0.15, 0.2) is 5.82 Å². The van der Waals surface area contributed by atoms with Crippen LogP contribution in [-0.4, -0.2) is 23.2 Å². The quantitative estimate of drug-likeness (QED) is 0.761. The number of para-hydroxylation sites is 1. The molecule has 0 saturated carbocycles. The molecule has 0 unspecified atom stereocenters. The molecule has 0 bridgehead atoms. The summed E-state index contributed by atoms with van der Waals surface area (Å²) in [6.07, 6.45) is 0. The molecule has 0 spiro atoms. The van der Waals surface area contributed by atoms with Crippen LogP contribution in [0.4, 0.5) is 0 Å². The average molecular weight is 330 g/mol. The van der Waals surface area contributed by atoms with Crippen LogP contribution in [0.2, 0.25) is 0 Å². The van der Waals surface area contributed by atoms with E-state index in [9.17, 15) is 8.42 Å².